The molecule has 0 amide bonds. The Hall–Kier alpha value is -0.450. The molecule has 3 atom stereocenters. The number of carbonyl (C=O) groups is 1. The molecule has 0 heterocycles. The van der Waals surface area contributed by atoms with Gasteiger partial charge in [0.15, 0.2) is 5.78 Å². The van der Waals surface area contributed by atoms with Gasteiger partial charge < -0.3 is 15.3 Å². The highest BCUT2D eigenvalue weighted by Gasteiger charge is 2.38. The zero-order valence-corrected chi connectivity index (χ0v) is 4.69. The lowest BCUT2D eigenvalue weighted by molar-refractivity contribution is -0.132. The molecule has 1 fully saturated rings. The fourth-order valence-electron chi connectivity index (χ4n) is 0.861. The van der Waals surface area contributed by atoms with Gasteiger partial charge >= 0.3 is 0 Å². The van der Waals surface area contributed by atoms with Crippen LogP contribution in [-0.4, -0.2) is 39.4 Å². The van der Waals surface area contributed by atoms with E-state index in [0.29, 0.717) is 0 Å². The summed E-state index contributed by atoms with van der Waals surface area (Å²) in [6.07, 6.45) is -3.66. The van der Waals surface area contributed by atoms with Gasteiger partial charge in [0.1, 0.15) is 12.2 Å². The second kappa shape index (κ2) is 2.06. The number of Topliss-reactive ketones (excluding diaryl/α,β-unsaturated/α-hetero) is 1. The van der Waals surface area contributed by atoms with E-state index in [2.05, 4.69) is 0 Å². The highest BCUT2D eigenvalue weighted by Crippen LogP contribution is 2.15. The molecule has 9 heavy (non-hydrogen) atoms. The predicted octanol–water partition coefficient (Wildman–Crippen LogP) is -1.96. The second-order valence-electron chi connectivity index (χ2n) is 2.17. The van der Waals surface area contributed by atoms with E-state index in [1.165, 1.54) is 0 Å². The molecule has 1 unspecified atom stereocenters. The minimum Gasteiger partial charge on any atom is -0.390 e. The molecule has 0 radical (unpaired) electrons. The van der Waals surface area contributed by atoms with Crippen molar-refractivity contribution in [3.05, 3.63) is 0 Å². The van der Waals surface area contributed by atoms with Crippen LogP contribution in [0.2, 0.25) is 0 Å². The summed E-state index contributed by atoms with van der Waals surface area (Å²) < 4.78 is 0. The van der Waals surface area contributed by atoms with E-state index in [9.17, 15) is 4.79 Å². The Balaban J connectivity index is 2.65. The van der Waals surface area contributed by atoms with Crippen LogP contribution in [0.5, 0.6) is 0 Å². The Kier molecular flexibility index (Phi) is 1.52. The Labute approximate surface area is 51.7 Å². The Bertz CT molecular complexity index is 133. The molecule has 4 nitrogen and oxygen atoms in total. The van der Waals surface area contributed by atoms with Crippen LogP contribution >= 0.6 is 0 Å². The highest BCUT2D eigenvalue weighted by molar-refractivity contribution is 5.89. The SMILES string of the molecule is O=C1C(O)C[C@@H](O)[C@H]1O. The molecule has 52 valence electrons. The smallest absolute Gasteiger partial charge is 0.192 e. The lowest BCUT2D eigenvalue weighted by Gasteiger charge is -2.01. The van der Waals surface area contributed by atoms with E-state index in [1.807, 2.05) is 0 Å². The van der Waals surface area contributed by atoms with E-state index in [-0.39, 0.29) is 6.42 Å². The van der Waals surface area contributed by atoms with Gasteiger partial charge in [-0.05, 0) is 0 Å². The van der Waals surface area contributed by atoms with E-state index in [0.717, 1.165) is 0 Å². The molecular formula is C5H8O4. The van der Waals surface area contributed by atoms with Gasteiger partial charge in [-0.1, -0.05) is 0 Å². The highest BCUT2D eigenvalue weighted by atomic mass is 16.4. The zero-order chi connectivity index (χ0) is 7.02. The lowest BCUT2D eigenvalue weighted by Crippen LogP contribution is -2.26. The van der Waals surface area contributed by atoms with E-state index in [1.54, 1.807) is 0 Å². The predicted molar refractivity (Wildman–Crippen MR) is 27.6 cm³/mol. The summed E-state index contributed by atoms with van der Waals surface area (Å²) in [6, 6.07) is 0. The van der Waals surface area contributed by atoms with Crippen LogP contribution in [0, 0.1) is 0 Å². The molecule has 0 saturated heterocycles. The number of rotatable bonds is 0. The van der Waals surface area contributed by atoms with Crippen LogP contribution in [0.3, 0.4) is 0 Å². The molecule has 1 aliphatic rings. The van der Waals surface area contributed by atoms with Gasteiger partial charge in [-0.25, -0.2) is 0 Å². The van der Waals surface area contributed by atoms with Crippen molar-refractivity contribution in [2.24, 2.45) is 0 Å². The Morgan fingerprint density at radius 1 is 1.33 bits per heavy atom. The van der Waals surface area contributed by atoms with E-state index < -0.39 is 24.1 Å². The third-order valence-electron chi connectivity index (χ3n) is 1.45. The normalized spacial score (nSPS) is 43.9. The van der Waals surface area contributed by atoms with Crippen molar-refractivity contribution in [3.63, 3.8) is 0 Å². The van der Waals surface area contributed by atoms with Crippen molar-refractivity contribution in [2.45, 2.75) is 24.7 Å². The minimum absolute atomic E-state index is 0.0417. The van der Waals surface area contributed by atoms with Crippen molar-refractivity contribution < 1.29 is 20.1 Å². The number of aliphatic hydroxyl groups is 3. The van der Waals surface area contributed by atoms with Crippen molar-refractivity contribution in [1.82, 2.24) is 0 Å². The summed E-state index contributed by atoms with van der Waals surface area (Å²) >= 11 is 0. The largest absolute Gasteiger partial charge is 0.390 e. The summed E-state index contributed by atoms with van der Waals surface area (Å²) in [4.78, 5) is 10.5. The van der Waals surface area contributed by atoms with Gasteiger partial charge in [-0.3, -0.25) is 4.79 Å². The van der Waals surface area contributed by atoms with Gasteiger partial charge in [0, 0.05) is 6.42 Å². The summed E-state index contributed by atoms with van der Waals surface area (Å²) in [6.45, 7) is 0. The summed E-state index contributed by atoms with van der Waals surface area (Å²) in [5, 5.41) is 26.1. The third kappa shape index (κ3) is 0.962. The Morgan fingerprint density at radius 2 is 1.89 bits per heavy atom. The minimum atomic E-state index is -1.38. The fraction of sp³-hybridized carbons (Fsp3) is 0.800. The van der Waals surface area contributed by atoms with Crippen molar-refractivity contribution in [3.8, 4) is 0 Å². The van der Waals surface area contributed by atoms with Crippen LogP contribution in [0.4, 0.5) is 0 Å². The van der Waals surface area contributed by atoms with Gasteiger partial charge in [0.05, 0.1) is 6.10 Å². The van der Waals surface area contributed by atoms with Crippen molar-refractivity contribution in [2.75, 3.05) is 0 Å². The molecule has 1 saturated carbocycles. The molecule has 0 spiro atoms. The van der Waals surface area contributed by atoms with Crippen molar-refractivity contribution in [1.29, 1.82) is 0 Å². The van der Waals surface area contributed by atoms with Gasteiger partial charge in [0.2, 0.25) is 0 Å². The van der Waals surface area contributed by atoms with Crippen LogP contribution in [0.15, 0.2) is 0 Å². The molecule has 1 aliphatic carbocycles. The quantitative estimate of drug-likeness (QED) is 0.357. The zero-order valence-electron chi connectivity index (χ0n) is 4.69. The monoisotopic (exact) mass is 132 g/mol. The van der Waals surface area contributed by atoms with Crippen LogP contribution in [0.25, 0.3) is 0 Å². The van der Waals surface area contributed by atoms with Gasteiger partial charge in [0.25, 0.3) is 0 Å². The molecule has 4 heteroatoms. The first-order valence-corrected chi connectivity index (χ1v) is 2.71. The van der Waals surface area contributed by atoms with Gasteiger partial charge in [-0.15, -0.1) is 0 Å². The molecule has 0 aliphatic heterocycles. The molecule has 1 rings (SSSR count). The summed E-state index contributed by atoms with van der Waals surface area (Å²) in [5.41, 5.74) is 0. The van der Waals surface area contributed by atoms with Crippen LogP contribution in [-0.2, 0) is 4.79 Å². The van der Waals surface area contributed by atoms with Crippen molar-refractivity contribution >= 4 is 5.78 Å². The van der Waals surface area contributed by atoms with Crippen LogP contribution in [0.1, 0.15) is 6.42 Å². The number of hydrogen-bond donors (Lipinski definition) is 3. The number of ketones is 1. The third-order valence-corrected chi connectivity index (χ3v) is 1.45. The maximum Gasteiger partial charge on any atom is 0.192 e. The molecule has 0 bridgehead atoms. The molecule has 0 aromatic carbocycles. The number of aliphatic hydroxyl groups excluding tert-OH is 3. The van der Waals surface area contributed by atoms with Gasteiger partial charge in [-0.2, -0.15) is 0 Å². The number of hydrogen-bond acceptors (Lipinski definition) is 4. The van der Waals surface area contributed by atoms with Crippen LogP contribution < -0.4 is 0 Å². The Morgan fingerprint density at radius 3 is 2.00 bits per heavy atom. The first-order valence-electron chi connectivity index (χ1n) is 2.71. The molecular weight excluding hydrogens is 124 g/mol. The maximum atomic E-state index is 10.5. The number of carbonyl (C=O) groups excluding carboxylic acids is 1. The fourth-order valence-corrected chi connectivity index (χ4v) is 0.861. The lowest BCUT2D eigenvalue weighted by atomic mass is 10.2. The first kappa shape index (κ1) is 6.67. The maximum absolute atomic E-state index is 10.5. The summed E-state index contributed by atoms with van der Waals surface area (Å²) in [7, 11) is 0. The summed E-state index contributed by atoms with van der Waals surface area (Å²) in [5.74, 6) is -0.678. The topological polar surface area (TPSA) is 77.8 Å². The average molecular weight is 132 g/mol. The standard InChI is InChI=1S/C5H8O4/c6-2-1-3(7)5(9)4(2)8/h2-4,6-8H,1H2/t2-,3?,4-/m1/s1. The molecule has 0 aromatic heterocycles. The second-order valence-corrected chi connectivity index (χ2v) is 2.17. The first-order chi connectivity index (χ1) is 4.13. The van der Waals surface area contributed by atoms with E-state index in [4.69, 9.17) is 15.3 Å². The van der Waals surface area contributed by atoms with E-state index >= 15 is 0 Å². The molecule has 0 aromatic rings. The molecule has 3 N–H and O–H groups in total. The average Bonchev–Trinajstić information content (AvgIpc) is 1.98.